The Labute approximate surface area is 141 Å². The van der Waals surface area contributed by atoms with Crippen LogP contribution in [0.1, 0.15) is 30.9 Å². The predicted molar refractivity (Wildman–Crippen MR) is 95.2 cm³/mol. The van der Waals surface area contributed by atoms with Crippen molar-refractivity contribution in [2.75, 3.05) is 11.9 Å². The fourth-order valence-corrected chi connectivity index (χ4v) is 3.38. The van der Waals surface area contributed by atoms with Gasteiger partial charge in [0.05, 0.1) is 6.04 Å². The predicted octanol–water partition coefficient (Wildman–Crippen LogP) is 4.66. The number of halogens is 1. The van der Waals surface area contributed by atoms with Crippen molar-refractivity contribution in [3.8, 4) is 0 Å². The molecule has 0 aliphatic carbocycles. The van der Waals surface area contributed by atoms with Crippen molar-refractivity contribution in [3.63, 3.8) is 0 Å². The summed E-state index contributed by atoms with van der Waals surface area (Å²) < 4.78 is 0. The van der Waals surface area contributed by atoms with E-state index in [1.165, 1.54) is 12.0 Å². The third-order valence-corrected chi connectivity index (χ3v) is 4.48. The van der Waals surface area contributed by atoms with Crippen LogP contribution >= 0.6 is 23.8 Å². The lowest BCUT2D eigenvalue weighted by Crippen LogP contribution is -2.41. The van der Waals surface area contributed by atoms with Crippen LogP contribution in [0.3, 0.4) is 0 Å². The van der Waals surface area contributed by atoms with Crippen LogP contribution in [0.2, 0.25) is 5.02 Å². The van der Waals surface area contributed by atoms with Gasteiger partial charge in [-0.3, -0.25) is 4.98 Å². The maximum absolute atomic E-state index is 6.03. The van der Waals surface area contributed by atoms with Crippen LogP contribution in [0.25, 0.3) is 0 Å². The standard InChI is InChI=1S/C17H18ClN3S/c18-14-6-3-7-15(11-14)20-17(22)21-10-2-1-8-16(21)13-5-4-9-19-12-13/h3-7,9,11-12,16H,1-2,8,10H2,(H,20,22). The van der Waals surface area contributed by atoms with Crippen molar-refractivity contribution in [1.82, 2.24) is 9.88 Å². The van der Waals surface area contributed by atoms with Gasteiger partial charge >= 0.3 is 0 Å². The number of likely N-dealkylation sites (tertiary alicyclic amines) is 1. The zero-order valence-electron chi connectivity index (χ0n) is 12.2. The number of hydrogen-bond donors (Lipinski definition) is 1. The molecule has 114 valence electrons. The van der Waals surface area contributed by atoms with Gasteiger partial charge in [0.2, 0.25) is 0 Å². The fourth-order valence-electron chi connectivity index (χ4n) is 2.86. The number of nitrogens with zero attached hydrogens (tertiary/aromatic N) is 2. The van der Waals surface area contributed by atoms with Gasteiger partial charge in [-0.2, -0.15) is 0 Å². The van der Waals surface area contributed by atoms with Gasteiger partial charge < -0.3 is 10.2 Å². The second-order valence-corrected chi connectivity index (χ2v) is 6.25. The van der Waals surface area contributed by atoms with Crippen molar-refractivity contribution >= 4 is 34.6 Å². The normalized spacial score (nSPS) is 18.0. The highest BCUT2D eigenvalue weighted by Crippen LogP contribution is 2.31. The third kappa shape index (κ3) is 3.57. The van der Waals surface area contributed by atoms with Crippen LogP contribution in [0.4, 0.5) is 5.69 Å². The lowest BCUT2D eigenvalue weighted by atomic mass is 9.97. The van der Waals surface area contributed by atoms with Crippen LogP contribution in [-0.4, -0.2) is 21.5 Å². The Bertz CT molecular complexity index is 647. The number of aromatic nitrogens is 1. The van der Waals surface area contributed by atoms with E-state index in [1.54, 1.807) is 6.20 Å². The Balaban J connectivity index is 1.77. The molecule has 1 atom stereocenters. The molecular weight excluding hydrogens is 314 g/mol. The zero-order valence-corrected chi connectivity index (χ0v) is 13.8. The first kappa shape index (κ1) is 15.3. The maximum Gasteiger partial charge on any atom is 0.173 e. The van der Waals surface area contributed by atoms with E-state index in [0.29, 0.717) is 11.1 Å². The van der Waals surface area contributed by atoms with Gasteiger partial charge in [-0.15, -0.1) is 0 Å². The Kier molecular flexibility index (Phi) is 4.90. The summed E-state index contributed by atoms with van der Waals surface area (Å²) in [4.78, 5) is 6.50. The first-order valence-corrected chi connectivity index (χ1v) is 8.26. The molecule has 1 aliphatic rings. The number of piperidine rings is 1. The highest BCUT2D eigenvalue weighted by atomic mass is 35.5. The number of rotatable bonds is 2. The number of benzene rings is 1. The van der Waals surface area contributed by atoms with E-state index < -0.39 is 0 Å². The van der Waals surface area contributed by atoms with E-state index in [2.05, 4.69) is 21.3 Å². The molecule has 1 aromatic heterocycles. The number of thiocarbonyl (C=S) groups is 1. The smallest absolute Gasteiger partial charge is 0.173 e. The second kappa shape index (κ2) is 7.07. The maximum atomic E-state index is 6.03. The minimum Gasteiger partial charge on any atom is -0.342 e. The number of pyridine rings is 1. The zero-order chi connectivity index (χ0) is 15.4. The summed E-state index contributed by atoms with van der Waals surface area (Å²) in [5, 5.41) is 4.75. The molecule has 0 saturated carbocycles. The average molecular weight is 332 g/mol. The molecule has 2 aromatic rings. The molecule has 1 saturated heterocycles. The first-order valence-electron chi connectivity index (χ1n) is 7.47. The molecule has 0 radical (unpaired) electrons. The molecule has 5 heteroatoms. The molecule has 3 nitrogen and oxygen atoms in total. The molecule has 3 rings (SSSR count). The van der Waals surface area contributed by atoms with Crippen LogP contribution in [0.5, 0.6) is 0 Å². The van der Waals surface area contributed by atoms with E-state index in [4.69, 9.17) is 23.8 Å². The molecule has 0 amide bonds. The van der Waals surface area contributed by atoms with Gasteiger partial charge in [0, 0.05) is 29.6 Å². The highest BCUT2D eigenvalue weighted by molar-refractivity contribution is 7.80. The molecule has 2 heterocycles. The Morgan fingerprint density at radius 2 is 2.18 bits per heavy atom. The topological polar surface area (TPSA) is 28.2 Å². The largest absolute Gasteiger partial charge is 0.342 e. The van der Waals surface area contributed by atoms with Crippen LogP contribution in [0, 0.1) is 0 Å². The summed E-state index contributed by atoms with van der Waals surface area (Å²) in [5.41, 5.74) is 2.14. The summed E-state index contributed by atoms with van der Waals surface area (Å²) in [5.74, 6) is 0. The Hall–Kier alpha value is -1.65. The minimum atomic E-state index is 0.293. The number of hydrogen-bond acceptors (Lipinski definition) is 2. The average Bonchev–Trinajstić information content (AvgIpc) is 2.56. The molecule has 0 spiro atoms. The molecule has 22 heavy (non-hydrogen) atoms. The van der Waals surface area contributed by atoms with Gasteiger partial charge in [-0.05, 0) is 61.3 Å². The van der Waals surface area contributed by atoms with Gasteiger partial charge in [0.1, 0.15) is 0 Å². The van der Waals surface area contributed by atoms with Crippen molar-refractivity contribution in [1.29, 1.82) is 0 Å². The lowest BCUT2D eigenvalue weighted by molar-refractivity contribution is 0.248. The van der Waals surface area contributed by atoms with E-state index in [1.807, 2.05) is 36.5 Å². The molecule has 1 aromatic carbocycles. The Morgan fingerprint density at radius 3 is 2.95 bits per heavy atom. The van der Waals surface area contributed by atoms with Gasteiger partial charge in [0.25, 0.3) is 0 Å². The molecule has 1 fully saturated rings. The van der Waals surface area contributed by atoms with Gasteiger partial charge in [0.15, 0.2) is 5.11 Å². The molecule has 1 aliphatic heterocycles. The van der Waals surface area contributed by atoms with E-state index in [-0.39, 0.29) is 0 Å². The van der Waals surface area contributed by atoms with E-state index >= 15 is 0 Å². The Morgan fingerprint density at radius 1 is 1.27 bits per heavy atom. The molecule has 1 N–H and O–H groups in total. The van der Waals surface area contributed by atoms with E-state index in [0.717, 1.165) is 30.2 Å². The van der Waals surface area contributed by atoms with Crippen molar-refractivity contribution in [2.45, 2.75) is 25.3 Å². The summed E-state index contributed by atoms with van der Waals surface area (Å²) in [6.07, 6.45) is 7.22. The monoisotopic (exact) mass is 331 g/mol. The summed E-state index contributed by atoms with van der Waals surface area (Å²) in [6.45, 7) is 0.964. The van der Waals surface area contributed by atoms with Crippen LogP contribution in [-0.2, 0) is 0 Å². The molecule has 0 bridgehead atoms. The molecule has 1 unspecified atom stereocenters. The van der Waals surface area contributed by atoms with Crippen molar-refractivity contribution < 1.29 is 0 Å². The number of anilines is 1. The van der Waals surface area contributed by atoms with Crippen LogP contribution in [0.15, 0.2) is 48.8 Å². The summed E-state index contributed by atoms with van der Waals surface area (Å²) >= 11 is 11.7. The van der Waals surface area contributed by atoms with Crippen molar-refractivity contribution in [3.05, 3.63) is 59.4 Å². The van der Waals surface area contributed by atoms with E-state index in [9.17, 15) is 0 Å². The van der Waals surface area contributed by atoms with Gasteiger partial charge in [-0.25, -0.2) is 0 Å². The summed E-state index contributed by atoms with van der Waals surface area (Å²) in [7, 11) is 0. The fraction of sp³-hybridized carbons (Fsp3) is 0.294. The lowest BCUT2D eigenvalue weighted by Gasteiger charge is -2.37. The SMILES string of the molecule is S=C(Nc1cccc(Cl)c1)N1CCCCC1c1cccnc1. The number of nitrogens with one attached hydrogen (secondary N) is 1. The minimum absolute atomic E-state index is 0.293. The van der Waals surface area contributed by atoms with Crippen molar-refractivity contribution in [2.24, 2.45) is 0 Å². The van der Waals surface area contributed by atoms with Crippen LogP contribution < -0.4 is 5.32 Å². The summed E-state index contributed by atoms with van der Waals surface area (Å²) in [6, 6.07) is 12.0. The third-order valence-electron chi connectivity index (χ3n) is 3.91. The highest BCUT2D eigenvalue weighted by Gasteiger charge is 2.26. The van der Waals surface area contributed by atoms with Gasteiger partial charge in [-0.1, -0.05) is 23.7 Å². The molecular formula is C17H18ClN3S. The first-order chi connectivity index (χ1) is 10.7. The second-order valence-electron chi connectivity index (χ2n) is 5.43. The quantitative estimate of drug-likeness (QED) is 0.810.